The van der Waals surface area contributed by atoms with Gasteiger partial charge in [0.05, 0.1) is 16.8 Å². The van der Waals surface area contributed by atoms with Crippen LogP contribution in [0.25, 0.3) is 11.5 Å². The van der Waals surface area contributed by atoms with Crippen LogP contribution in [0.4, 0.5) is 5.69 Å². The van der Waals surface area contributed by atoms with Crippen molar-refractivity contribution in [1.29, 1.82) is 0 Å². The highest BCUT2D eigenvalue weighted by Gasteiger charge is 2.26. The molecule has 0 aliphatic carbocycles. The lowest BCUT2D eigenvalue weighted by Gasteiger charge is -2.29. The number of nitrogens with two attached hydrogens (primary N) is 1. The van der Waals surface area contributed by atoms with E-state index in [9.17, 15) is 0 Å². The summed E-state index contributed by atoms with van der Waals surface area (Å²) in [5, 5.41) is 4.60. The van der Waals surface area contributed by atoms with Crippen LogP contribution in [0.15, 0.2) is 22.7 Å². The number of nitrogen functional groups attached to an aromatic ring is 1. The van der Waals surface area contributed by atoms with E-state index in [1.807, 2.05) is 17.8 Å². The molecule has 1 atom stereocenters. The molecule has 1 fully saturated rings. The summed E-state index contributed by atoms with van der Waals surface area (Å²) in [5.74, 6) is 3.33. The average Bonchev–Trinajstić information content (AvgIpc) is 2.92. The Morgan fingerprint density at radius 2 is 2.35 bits per heavy atom. The molecule has 1 unspecified atom stereocenters. The zero-order valence-corrected chi connectivity index (χ0v) is 12.6. The minimum Gasteiger partial charge on any atom is -0.398 e. The Labute approximate surface area is 126 Å². The van der Waals surface area contributed by atoms with Crippen LogP contribution < -0.4 is 5.73 Å². The number of aromatic nitrogens is 2. The van der Waals surface area contributed by atoms with E-state index in [1.165, 1.54) is 0 Å². The third-order valence-corrected chi connectivity index (χ3v) is 4.73. The summed E-state index contributed by atoms with van der Waals surface area (Å²) >= 11 is 7.93. The van der Waals surface area contributed by atoms with Crippen molar-refractivity contribution in [1.82, 2.24) is 15.0 Å². The number of halogens is 1. The normalized spacial score (nSPS) is 20.2. The summed E-state index contributed by atoms with van der Waals surface area (Å²) in [6, 6.07) is 5.52. The Kier molecular flexibility index (Phi) is 3.87. The predicted octanol–water partition coefficient (Wildman–Crippen LogP) is 2.69. The summed E-state index contributed by atoms with van der Waals surface area (Å²) in [5.41, 5.74) is 7.03. The molecule has 1 aromatic heterocycles. The van der Waals surface area contributed by atoms with Crippen LogP contribution >= 0.6 is 23.4 Å². The van der Waals surface area contributed by atoms with E-state index in [4.69, 9.17) is 21.9 Å². The molecule has 3 rings (SSSR count). The van der Waals surface area contributed by atoms with Crippen LogP contribution in [-0.2, 0) is 0 Å². The number of nitrogens with zero attached hydrogens (tertiary/aromatic N) is 3. The molecule has 0 amide bonds. The lowest BCUT2D eigenvalue weighted by atomic mass is 10.2. The largest absolute Gasteiger partial charge is 0.398 e. The fourth-order valence-electron chi connectivity index (χ4n) is 2.11. The maximum absolute atomic E-state index is 6.02. The summed E-state index contributed by atoms with van der Waals surface area (Å²) in [7, 11) is 2.08. The molecule has 7 heteroatoms. The van der Waals surface area contributed by atoms with Crippen LogP contribution in [0.3, 0.4) is 0 Å². The van der Waals surface area contributed by atoms with Gasteiger partial charge in [-0.2, -0.15) is 16.7 Å². The first kappa shape index (κ1) is 13.7. The Bertz CT molecular complexity index is 618. The van der Waals surface area contributed by atoms with Gasteiger partial charge in [-0.05, 0) is 25.2 Å². The number of hydrogen-bond acceptors (Lipinski definition) is 6. The maximum atomic E-state index is 6.02. The van der Waals surface area contributed by atoms with Crippen molar-refractivity contribution in [2.24, 2.45) is 0 Å². The fraction of sp³-hybridized carbons (Fsp3) is 0.385. The molecule has 0 spiro atoms. The van der Waals surface area contributed by atoms with Gasteiger partial charge in [-0.3, -0.25) is 4.90 Å². The third kappa shape index (κ3) is 2.63. The Morgan fingerprint density at radius 3 is 3.10 bits per heavy atom. The lowest BCUT2D eigenvalue weighted by molar-refractivity contribution is 0.257. The summed E-state index contributed by atoms with van der Waals surface area (Å²) in [6.45, 7) is 1.03. The zero-order chi connectivity index (χ0) is 14.1. The third-order valence-electron chi connectivity index (χ3n) is 3.38. The van der Waals surface area contributed by atoms with Gasteiger partial charge in [0.2, 0.25) is 0 Å². The smallest absolute Gasteiger partial charge is 0.258 e. The first-order valence-corrected chi connectivity index (χ1v) is 7.85. The molecule has 1 aliphatic rings. The van der Waals surface area contributed by atoms with Gasteiger partial charge in [0.1, 0.15) is 0 Å². The zero-order valence-electron chi connectivity index (χ0n) is 11.0. The molecule has 106 valence electrons. The van der Waals surface area contributed by atoms with E-state index in [0.29, 0.717) is 16.6 Å². The minimum absolute atomic E-state index is 0.204. The SMILES string of the molecule is CN1CCSCC1c1noc(-c2ccc(N)c(Cl)c2)n1. The Balaban J connectivity index is 1.87. The highest BCUT2D eigenvalue weighted by Crippen LogP contribution is 2.30. The molecule has 0 bridgehead atoms. The average molecular weight is 311 g/mol. The maximum Gasteiger partial charge on any atom is 0.258 e. The molecule has 5 nitrogen and oxygen atoms in total. The minimum atomic E-state index is 0.204. The highest BCUT2D eigenvalue weighted by atomic mass is 35.5. The second-order valence-corrected chi connectivity index (χ2v) is 6.32. The number of hydrogen-bond donors (Lipinski definition) is 1. The van der Waals surface area contributed by atoms with Crippen molar-refractivity contribution < 1.29 is 4.52 Å². The molecule has 1 aromatic carbocycles. The van der Waals surface area contributed by atoms with Gasteiger partial charge in [0.15, 0.2) is 5.82 Å². The van der Waals surface area contributed by atoms with Gasteiger partial charge in [-0.15, -0.1) is 0 Å². The molecule has 2 N–H and O–H groups in total. The van der Waals surface area contributed by atoms with Crippen molar-refractivity contribution in [3.63, 3.8) is 0 Å². The van der Waals surface area contributed by atoms with Crippen molar-refractivity contribution in [2.75, 3.05) is 30.8 Å². The monoisotopic (exact) mass is 310 g/mol. The summed E-state index contributed by atoms with van der Waals surface area (Å²) in [6.07, 6.45) is 0. The van der Waals surface area contributed by atoms with E-state index < -0.39 is 0 Å². The molecule has 2 aromatic rings. The van der Waals surface area contributed by atoms with Crippen LogP contribution in [-0.4, -0.2) is 40.1 Å². The van der Waals surface area contributed by atoms with E-state index in [0.717, 1.165) is 29.4 Å². The Morgan fingerprint density at radius 1 is 1.50 bits per heavy atom. The van der Waals surface area contributed by atoms with E-state index in [1.54, 1.807) is 12.1 Å². The summed E-state index contributed by atoms with van der Waals surface area (Å²) in [4.78, 5) is 6.74. The molecule has 1 saturated heterocycles. The van der Waals surface area contributed by atoms with E-state index in [-0.39, 0.29) is 6.04 Å². The van der Waals surface area contributed by atoms with Crippen molar-refractivity contribution >= 4 is 29.1 Å². The standard InChI is InChI=1S/C13H15ClN4OS/c1-18-4-5-20-7-11(18)12-16-13(19-17-12)8-2-3-10(15)9(14)6-8/h2-3,6,11H,4-5,7,15H2,1H3. The van der Waals surface area contributed by atoms with Crippen LogP contribution in [0.5, 0.6) is 0 Å². The van der Waals surface area contributed by atoms with Gasteiger partial charge in [-0.25, -0.2) is 0 Å². The quantitative estimate of drug-likeness (QED) is 0.860. The van der Waals surface area contributed by atoms with Crippen LogP contribution in [0.1, 0.15) is 11.9 Å². The van der Waals surface area contributed by atoms with Gasteiger partial charge in [0.25, 0.3) is 5.89 Å². The number of thioether (sulfide) groups is 1. The lowest BCUT2D eigenvalue weighted by Crippen LogP contribution is -2.33. The van der Waals surface area contributed by atoms with E-state index >= 15 is 0 Å². The van der Waals surface area contributed by atoms with E-state index in [2.05, 4.69) is 22.1 Å². The fourth-order valence-corrected chi connectivity index (χ4v) is 3.50. The number of anilines is 1. The number of benzene rings is 1. The molecule has 20 heavy (non-hydrogen) atoms. The molecule has 0 radical (unpaired) electrons. The van der Waals surface area contributed by atoms with Gasteiger partial charge >= 0.3 is 0 Å². The topological polar surface area (TPSA) is 68.2 Å². The van der Waals surface area contributed by atoms with Crippen LogP contribution in [0, 0.1) is 0 Å². The highest BCUT2D eigenvalue weighted by molar-refractivity contribution is 7.99. The van der Waals surface area contributed by atoms with Gasteiger partial charge in [-0.1, -0.05) is 16.8 Å². The predicted molar refractivity (Wildman–Crippen MR) is 81.9 cm³/mol. The molecular formula is C13H15ClN4OS. The van der Waals surface area contributed by atoms with Gasteiger partial charge < -0.3 is 10.3 Å². The van der Waals surface area contributed by atoms with Crippen molar-refractivity contribution in [3.8, 4) is 11.5 Å². The first-order chi connectivity index (χ1) is 9.65. The second-order valence-electron chi connectivity index (χ2n) is 4.77. The number of rotatable bonds is 2. The molecule has 2 heterocycles. The Hall–Kier alpha value is -1.24. The van der Waals surface area contributed by atoms with Gasteiger partial charge in [0, 0.05) is 23.6 Å². The summed E-state index contributed by atoms with van der Waals surface area (Å²) < 4.78 is 5.35. The molecular weight excluding hydrogens is 296 g/mol. The van der Waals surface area contributed by atoms with Crippen LogP contribution in [0.2, 0.25) is 5.02 Å². The van der Waals surface area contributed by atoms with Crippen molar-refractivity contribution in [2.45, 2.75) is 6.04 Å². The molecule has 1 aliphatic heterocycles. The first-order valence-electron chi connectivity index (χ1n) is 6.32. The second kappa shape index (κ2) is 5.63. The molecule has 0 saturated carbocycles. The van der Waals surface area contributed by atoms with Crippen molar-refractivity contribution in [3.05, 3.63) is 29.0 Å².